The van der Waals surface area contributed by atoms with Crippen molar-refractivity contribution >= 4 is 23.4 Å². The number of thioether (sulfide) groups is 1. The van der Waals surface area contributed by atoms with E-state index in [9.17, 15) is 0 Å². The highest BCUT2D eigenvalue weighted by atomic mass is 35.5. The fraction of sp³-hybridized carbons (Fsp3) is 0.250. The molecular formula is C16H18ClNS. The Hall–Kier alpha value is -0.960. The van der Waals surface area contributed by atoms with E-state index in [0.717, 1.165) is 22.9 Å². The Bertz CT molecular complexity index is 554. The van der Waals surface area contributed by atoms with E-state index in [0.29, 0.717) is 0 Å². The summed E-state index contributed by atoms with van der Waals surface area (Å²) in [6.07, 6.45) is 0. The molecule has 2 rings (SSSR count). The van der Waals surface area contributed by atoms with Crippen molar-refractivity contribution in [3.63, 3.8) is 0 Å². The molecule has 0 unspecified atom stereocenters. The number of halogens is 1. The second kappa shape index (κ2) is 6.99. The Kier molecular flexibility index (Phi) is 5.32. The number of rotatable bonds is 5. The average molecular weight is 292 g/mol. The van der Waals surface area contributed by atoms with E-state index in [4.69, 9.17) is 11.6 Å². The summed E-state index contributed by atoms with van der Waals surface area (Å²) in [7, 11) is 1.93. The molecule has 2 aromatic carbocycles. The molecule has 0 aliphatic heterocycles. The second-order valence-electron chi connectivity index (χ2n) is 4.50. The first kappa shape index (κ1) is 14.4. The third kappa shape index (κ3) is 4.00. The highest BCUT2D eigenvalue weighted by molar-refractivity contribution is 7.98. The van der Waals surface area contributed by atoms with Gasteiger partial charge in [0.25, 0.3) is 0 Å². The molecule has 3 heteroatoms. The lowest BCUT2D eigenvalue weighted by Gasteiger charge is -2.08. The summed E-state index contributed by atoms with van der Waals surface area (Å²) < 4.78 is 0. The van der Waals surface area contributed by atoms with Gasteiger partial charge in [0.15, 0.2) is 0 Å². The third-order valence-corrected chi connectivity index (χ3v) is 4.44. The quantitative estimate of drug-likeness (QED) is 0.804. The normalized spacial score (nSPS) is 10.7. The first-order chi connectivity index (χ1) is 9.20. The average Bonchev–Trinajstić information content (AvgIpc) is 2.41. The Morgan fingerprint density at radius 1 is 1.11 bits per heavy atom. The number of nitrogens with one attached hydrogen (secondary N) is 1. The molecule has 100 valence electrons. The van der Waals surface area contributed by atoms with Gasteiger partial charge in [0, 0.05) is 22.2 Å². The molecule has 0 fully saturated rings. The van der Waals surface area contributed by atoms with Gasteiger partial charge >= 0.3 is 0 Å². The maximum Gasteiger partial charge on any atom is 0.0462 e. The molecule has 0 radical (unpaired) electrons. The lowest BCUT2D eigenvalue weighted by atomic mass is 10.1. The van der Waals surface area contributed by atoms with Crippen LogP contribution in [0.25, 0.3) is 0 Å². The first-order valence-corrected chi connectivity index (χ1v) is 7.67. The molecule has 0 heterocycles. The fourth-order valence-electron chi connectivity index (χ4n) is 1.88. The number of benzene rings is 2. The Morgan fingerprint density at radius 3 is 2.58 bits per heavy atom. The van der Waals surface area contributed by atoms with E-state index in [1.165, 1.54) is 16.0 Å². The van der Waals surface area contributed by atoms with Crippen molar-refractivity contribution in [2.24, 2.45) is 0 Å². The standard InChI is InChI=1S/C16H18ClNS/c1-12-5-3-4-6-14(12)11-19-15-8-7-13(10-18-2)16(17)9-15/h3-9,18H,10-11H2,1-2H3. The van der Waals surface area contributed by atoms with E-state index < -0.39 is 0 Å². The van der Waals surface area contributed by atoms with Crippen LogP contribution in [-0.4, -0.2) is 7.05 Å². The Balaban J connectivity index is 2.04. The topological polar surface area (TPSA) is 12.0 Å². The minimum Gasteiger partial charge on any atom is -0.316 e. The summed E-state index contributed by atoms with van der Waals surface area (Å²) in [5, 5.41) is 3.96. The molecule has 0 aliphatic carbocycles. The summed E-state index contributed by atoms with van der Waals surface area (Å²) >= 11 is 8.09. The SMILES string of the molecule is CNCc1ccc(SCc2ccccc2C)cc1Cl. The molecular weight excluding hydrogens is 274 g/mol. The molecule has 1 N–H and O–H groups in total. The van der Waals surface area contributed by atoms with Crippen LogP contribution in [0.5, 0.6) is 0 Å². The highest BCUT2D eigenvalue weighted by Crippen LogP contribution is 2.28. The van der Waals surface area contributed by atoms with Gasteiger partial charge in [-0.15, -0.1) is 11.8 Å². The summed E-state index contributed by atoms with van der Waals surface area (Å²) in [6, 6.07) is 14.8. The van der Waals surface area contributed by atoms with Gasteiger partial charge in [-0.25, -0.2) is 0 Å². The van der Waals surface area contributed by atoms with Crippen LogP contribution < -0.4 is 5.32 Å². The van der Waals surface area contributed by atoms with Crippen LogP contribution in [0.2, 0.25) is 5.02 Å². The maximum absolute atomic E-state index is 6.27. The van der Waals surface area contributed by atoms with Gasteiger partial charge in [-0.2, -0.15) is 0 Å². The van der Waals surface area contributed by atoms with E-state index in [-0.39, 0.29) is 0 Å². The molecule has 1 nitrogen and oxygen atoms in total. The predicted octanol–water partition coefficient (Wildman–Crippen LogP) is 4.66. The number of hydrogen-bond donors (Lipinski definition) is 1. The van der Waals surface area contributed by atoms with Gasteiger partial charge in [0.2, 0.25) is 0 Å². The summed E-state index contributed by atoms with van der Waals surface area (Å²) in [6.45, 7) is 2.96. The fourth-order valence-corrected chi connectivity index (χ4v) is 3.21. The minimum absolute atomic E-state index is 0.807. The lowest BCUT2D eigenvalue weighted by Crippen LogP contribution is -2.05. The van der Waals surface area contributed by atoms with Crippen LogP contribution in [-0.2, 0) is 12.3 Å². The van der Waals surface area contributed by atoms with Crippen molar-refractivity contribution < 1.29 is 0 Å². The largest absolute Gasteiger partial charge is 0.316 e. The van der Waals surface area contributed by atoms with Crippen molar-refractivity contribution in [1.29, 1.82) is 0 Å². The lowest BCUT2D eigenvalue weighted by molar-refractivity contribution is 0.817. The summed E-state index contributed by atoms with van der Waals surface area (Å²) in [5.41, 5.74) is 3.86. The molecule has 2 aromatic rings. The van der Waals surface area contributed by atoms with Crippen LogP contribution in [0, 0.1) is 6.92 Å². The predicted molar refractivity (Wildman–Crippen MR) is 85.0 cm³/mol. The zero-order valence-electron chi connectivity index (χ0n) is 11.2. The molecule has 0 aliphatic rings. The van der Waals surface area contributed by atoms with Crippen molar-refractivity contribution in [3.8, 4) is 0 Å². The molecule has 0 bridgehead atoms. The van der Waals surface area contributed by atoms with Gasteiger partial charge < -0.3 is 5.32 Å². The third-order valence-electron chi connectivity index (χ3n) is 3.05. The van der Waals surface area contributed by atoms with Gasteiger partial charge in [-0.1, -0.05) is 41.9 Å². The van der Waals surface area contributed by atoms with Gasteiger partial charge in [0.05, 0.1) is 0 Å². The molecule has 0 atom stereocenters. The zero-order valence-corrected chi connectivity index (χ0v) is 12.8. The van der Waals surface area contributed by atoms with Crippen LogP contribution >= 0.6 is 23.4 Å². The Morgan fingerprint density at radius 2 is 1.89 bits per heavy atom. The minimum atomic E-state index is 0.807. The Labute approximate surface area is 124 Å². The van der Waals surface area contributed by atoms with Crippen LogP contribution in [0.3, 0.4) is 0 Å². The van der Waals surface area contributed by atoms with Gasteiger partial charge in [0.1, 0.15) is 0 Å². The maximum atomic E-state index is 6.27. The summed E-state index contributed by atoms with van der Waals surface area (Å²) in [4.78, 5) is 1.22. The molecule has 0 spiro atoms. The highest BCUT2D eigenvalue weighted by Gasteiger charge is 2.03. The van der Waals surface area contributed by atoms with E-state index in [1.54, 1.807) is 0 Å². The van der Waals surface area contributed by atoms with Crippen LogP contribution in [0.15, 0.2) is 47.4 Å². The molecule has 0 saturated heterocycles. The van der Waals surface area contributed by atoms with Crippen molar-refractivity contribution in [1.82, 2.24) is 5.32 Å². The van der Waals surface area contributed by atoms with Crippen molar-refractivity contribution in [2.45, 2.75) is 24.1 Å². The molecule has 0 amide bonds. The number of aryl methyl sites for hydroxylation is 1. The van der Waals surface area contributed by atoms with Gasteiger partial charge in [-0.05, 0) is 42.8 Å². The first-order valence-electron chi connectivity index (χ1n) is 6.31. The zero-order chi connectivity index (χ0) is 13.7. The number of hydrogen-bond acceptors (Lipinski definition) is 2. The smallest absolute Gasteiger partial charge is 0.0462 e. The van der Waals surface area contributed by atoms with Crippen LogP contribution in [0.1, 0.15) is 16.7 Å². The molecule has 19 heavy (non-hydrogen) atoms. The van der Waals surface area contributed by atoms with E-state index in [1.807, 2.05) is 18.8 Å². The van der Waals surface area contributed by atoms with E-state index in [2.05, 4.69) is 54.7 Å². The molecule has 0 aromatic heterocycles. The van der Waals surface area contributed by atoms with Crippen LogP contribution in [0.4, 0.5) is 0 Å². The van der Waals surface area contributed by atoms with Crippen molar-refractivity contribution in [3.05, 3.63) is 64.2 Å². The second-order valence-corrected chi connectivity index (χ2v) is 5.95. The van der Waals surface area contributed by atoms with E-state index >= 15 is 0 Å². The molecule has 0 saturated carbocycles. The summed E-state index contributed by atoms with van der Waals surface area (Å²) in [5.74, 6) is 0.981. The monoisotopic (exact) mass is 291 g/mol. The van der Waals surface area contributed by atoms with Crippen molar-refractivity contribution in [2.75, 3.05) is 7.05 Å². The van der Waals surface area contributed by atoms with Gasteiger partial charge in [-0.3, -0.25) is 0 Å².